The average molecular weight is 344 g/mol. The first-order valence-electron chi connectivity index (χ1n) is 10.5. The van der Waals surface area contributed by atoms with E-state index in [0.29, 0.717) is 11.3 Å². The van der Waals surface area contributed by atoms with E-state index in [2.05, 4.69) is 19.9 Å². The van der Waals surface area contributed by atoms with E-state index in [-0.39, 0.29) is 11.0 Å². The molecule has 0 bridgehead atoms. The number of rotatable bonds is 0. The van der Waals surface area contributed by atoms with Gasteiger partial charge in [0.1, 0.15) is 0 Å². The summed E-state index contributed by atoms with van der Waals surface area (Å²) >= 11 is 0. The molecule has 2 saturated heterocycles. The Hall–Kier alpha value is -0.830. The van der Waals surface area contributed by atoms with Crippen molar-refractivity contribution in [3.05, 3.63) is 11.8 Å². The third-order valence-electron chi connectivity index (χ3n) is 9.41. The van der Waals surface area contributed by atoms with Gasteiger partial charge in [-0.3, -0.25) is 4.79 Å². The summed E-state index contributed by atoms with van der Waals surface area (Å²) < 4.78 is 6.45. The molecule has 3 nitrogen and oxygen atoms in total. The van der Waals surface area contributed by atoms with Crippen molar-refractivity contribution in [2.45, 2.75) is 77.2 Å². The van der Waals surface area contributed by atoms with Crippen LogP contribution in [0.1, 0.15) is 71.6 Å². The van der Waals surface area contributed by atoms with Crippen molar-refractivity contribution in [1.29, 1.82) is 0 Å². The minimum atomic E-state index is 0.187. The highest BCUT2D eigenvalue weighted by Crippen LogP contribution is 2.69. The second-order valence-corrected chi connectivity index (χ2v) is 10.0. The summed E-state index contributed by atoms with van der Waals surface area (Å²) in [6.07, 6.45) is 13.2. The van der Waals surface area contributed by atoms with E-state index in [4.69, 9.17) is 4.74 Å². The van der Waals surface area contributed by atoms with Crippen LogP contribution in [0.3, 0.4) is 0 Å². The number of hydrogen-bond acceptors (Lipinski definition) is 2. The van der Waals surface area contributed by atoms with Gasteiger partial charge in [0, 0.05) is 31.2 Å². The van der Waals surface area contributed by atoms with Gasteiger partial charge in [0.05, 0.1) is 5.60 Å². The number of amides is 1. The maximum atomic E-state index is 12.2. The summed E-state index contributed by atoms with van der Waals surface area (Å²) in [5.74, 6) is 2.65. The van der Waals surface area contributed by atoms with E-state index < -0.39 is 0 Å². The van der Waals surface area contributed by atoms with Crippen LogP contribution in [0.4, 0.5) is 0 Å². The fourth-order valence-electron chi connectivity index (χ4n) is 8.02. The molecular weight excluding hydrogens is 310 g/mol. The number of hydrogen-bond donors (Lipinski definition) is 0. The van der Waals surface area contributed by atoms with Crippen LogP contribution in [0.15, 0.2) is 11.8 Å². The van der Waals surface area contributed by atoms with E-state index in [1.807, 2.05) is 11.9 Å². The van der Waals surface area contributed by atoms with Crippen LogP contribution in [-0.4, -0.2) is 30.1 Å². The number of carbonyl (C=O) groups is 1. The molecule has 4 fully saturated rings. The van der Waals surface area contributed by atoms with E-state index in [9.17, 15) is 4.79 Å². The van der Waals surface area contributed by atoms with Crippen molar-refractivity contribution in [2.75, 3.05) is 13.7 Å². The van der Waals surface area contributed by atoms with Crippen LogP contribution < -0.4 is 0 Å². The van der Waals surface area contributed by atoms with E-state index in [0.717, 1.165) is 37.2 Å². The summed E-state index contributed by atoms with van der Waals surface area (Å²) in [6.45, 7) is 5.99. The first-order chi connectivity index (χ1) is 11.9. The zero-order valence-electron chi connectivity index (χ0n) is 16.1. The van der Waals surface area contributed by atoms with Crippen LogP contribution in [0.2, 0.25) is 0 Å². The molecule has 2 saturated carbocycles. The molecule has 1 spiro atoms. The van der Waals surface area contributed by atoms with Gasteiger partial charge >= 0.3 is 0 Å². The van der Waals surface area contributed by atoms with Crippen LogP contribution in [0, 0.1) is 28.6 Å². The minimum absolute atomic E-state index is 0.187. The molecule has 2 heterocycles. The van der Waals surface area contributed by atoms with Gasteiger partial charge in [-0.05, 0) is 74.5 Å². The van der Waals surface area contributed by atoms with Crippen molar-refractivity contribution >= 4 is 5.91 Å². The maximum absolute atomic E-state index is 12.2. The number of ether oxygens (including phenoxy) is 1. The van der Waals surface area contributed by atoms with E-state index >= 15 is 0 Å². The Morgan fingerprint density at radius 3 is 2.68 bits per heavy atom. The van der Waals surface area contributed by atoms with Gasteiger partial charge in [-0.2, -0.15) is 0 Å². The number of nitrogens with zero attached hydrogens (tertiary/aromatic N) is 1. The maximum Gasteiger partial charge on any atom is 0.226 e. The second-order valence-electron chi connectivity index (χ2n) is 10.0. The van der Waals surface area contributed by atoms with Crippen LogP contribution in [0.25, 0.3) is 0 Å². The lowest BCUT2D eigenvalue weighted by Crippen LogP contribution is -2.56. The van der Waals surface area contributed by atoms with E-state index in [1.165, 1.54) is 50.6 Å². The highest BCUT2D eigenvalue weighted by molar-refractivity contribution is 5.79. The number of carbonyl (C=O) groups excluding carboxylic acids is 1. The monoisotopic (exact) mass is 343 g/mol. The van der Waals surface area contributed by atoms with Gasteiger partial charge in [0.2, 0.25) is 5.91 Å². The normalized spacial score (nSPS) is 52.0. The summed E-state index contributed by atoms with van der Waals surface area (Å²) in [5.41, 5.74) is 2.10. The molecule has 3 aliphatic carbocycles. The van der Waals surface area contributed by atoms with Gasteiger partial charge in [0.15, 0.2) is 0 Å². The predicted molar refractivity (Wildman–Crippen MR) is 97.8 cm³/mol. The number of allylic oxidation sites excluding steroid dienone is 2. The van der Waals surface area contributed by atoms with Gasteiger partial charge in [-0.1, -0.05) is 19.9 Å². The molecule has 5 aliphatic rings. The number of likely N-dealkylation sites (tertiary alicyclic amines) is 1. The lowest BCUT2D eigenvalue weighted by molar-refractivity contribution is -0.143. The lowest BCUT2D eigenvalue weighted by Gasteiger charge is -2.59. The molecule has 2 aliphatic heterocycles. The van der Waals surface area contributed by atoms with Crippen molar-refractivity contribution in [1.82, 2.24) is 4.90 Å². The Bertz CT molecular complexity index is 634. The number of piperidine rings is 1. The Morgan fingerprint density at radius 1 is 1.12 bits per heavy atom. The molecule has 0 aromatic carbocycles. The Labute approximate surface area is 152 Å². The number of fused-ring (bicyclic) bond motifs is 6. The topological polar surface area (TPSA) is 29.5 Å². The highest BCUT2D eigenvalue weighted by atomic mass is 16.5. The third kappa shape index (κ3) is 1.89. The summed E-state index contributed by atoms with van der Waals surface area (Å²) in [6, 6.07) is 0. The molecule has 0 N–H and O–H groups in total. The van der Waals surface area contributed by atoms with Gasteiger partial charge in [0.25, 0.3) is 0 Å². The molecule has 25 heavy (non-hydrogen) atoms. The first-order valence-corrected chi connectivity index (χ1v) is 10.5. The van der Waals surface area contributed by atoms with E-state index in [1.54, 1.807) is 0 Å². The third-order valence-corrected chi connectivity index (χ3v) is 9.41. The van der Waals surface area contributed by atoms with Gasteiger partial charge in [-0.25, -0.2) is 0 Å². The highest BCUT2D eigenvalue weighted by Gasteiger charge is 2.65. The largest absolute Gasteiger partial charge is 0.374 e. The Morgan fingerprint density at radius 2 is 1.92 bits per heavy atom. The molecule has 0 unspecified atom stereocenters. The summed E-state index contributed by atoms with van der Waals surface area (Å²) in [4.78, 5) is 14.2. The van der Waals surface area contributed by atoms with Gasteiger partial charge in [-0.15, -0.1) is 0 Å². The van der Waals surface area contributed by atoms with Crippen LogP contribution in [-0.2, 0) is 9.53 Å². The van der Waals surface area contributed by atoms with Crippen LogP contribution >= 0.6 is 0 Å². The zero-order chi connectivity index (χ0) is 17.4. The quantitative estimate of drug-likeness (QED) is 0.647. The molecule has 0 aromatic rings. The molecule has 1 amide bonds. The molecule has 5 rings (SSSR count). The predicted octanol–water partition coefficient (Wildman–Crippen LogP) is 4.52. The first kappa shape index (κ1) is 16.4. The molecule has 0 radical (unpaired) electrons. The zero-order valence-corrected chi connectivity index (χ0v) is 16.1. The molecule has 6 atom stereocenters. The Kier molecular flexibility index (Phi) is 3.35. The van der Waals surface area contributed by atoms with Crippen LogP contribution in [0.5, 0.6) is 0 Å². The molecular formula is C22H33NO2. The molecule has 138 valence electrons. The Balaban J connectivity index is 1.51. The van der Waals surface area contributed by atoms with Crippen molar-refractivity contribution in [3.8, 4) is 0 Å². The molecule has 0 aromatic heterocycles. The average Bonchev–Trinajstić information content (AvgIpc) is 3.18. The van der Waals surface area contributed by atoms with Gasteiger partial charge < -0.3 is 9.64 Å². The standard InChI is InChI=1S/C22H33NO2/c1-20-11-9-19(24)23(3)18(20)6-5-15-16(20)7-12-21(2)17(15)8-13-22(21)10-4-14-25-22/h6,15-17H,4-5,7-14H2,1-3H3/t15-,16+,17+,20-,21+,22+/m1/s1. The lowest BCUT2D eigenvalue weighted by atomic mass is 9.48. The SMILES string of the molecule is CN1C(=O)CC[C@@]2(C)C1=CC[C@@H]1[C@@H]2CC[C@@]2(C)[C@H]1CC[C@@]21CCCO1. The minimum Gasteiger partial charge on any atom is -0.374 e. The molecule has 3 heteroatoms. The summed E-state index contributed by atoms with van der Waals surface area (Å²) in [7, 11) is 2.00. The smallest absolute Gasteiger partial charge is 0.226 e. The van der Waals surface area contributed by atoms with Crippen molar-refractivity contribution < 1.29 is 9.53 Å². The fraction of sp³-hybridized carbons (Fsp3) is 0.864. The van der Waals surface area contributed by atoms with Crippen molar-refractivity contribution in [3.63, 3.8) is 0 Å². The summed E-state index contributed by atoms with van der Waals surface area (Å²) in [5, 5.41) is 0. The van der Waals surface area contributed by atoms with Crippen molar-refractivity contribution in [2.24, 2.45) is 28.6 Å². The second kappa shape index (κ2) is 5.12. The fourth-order valence-corrected chi connectivity index (χ4v) is 8.02.